The lowest BCUT2D eigenvalue weighted by Gasteiger charge is -2.04. The van der Waals surface area contributed by atoms with Crippen LogP contribution in [0.3, 0.4) is 0 Å². The molecule has 0 aromatic heterocycles. The second-order valence-corrected chi connectivity index (χ2v) is 5.88. The van der Waals surface area contributed by atoms with Gasteiger partial charge in [0.15, 0.2) is 0 Å². The Hall–Kier alpha value is -0.500. The molecule has 3 N–H and O–H groups in total. The van der Waals surface area contributed by atoms with E-state index in [1.807, 2.05) is 0 Å². The van der Waals surface area contributed by atoms with Crippen LogP contribution in [0.4, 0.5) is 4.39 Å². The lowest BCUT2D eigenvalue weighted by molar-refractivity contribution is 0.591. The van der Waals surface area contributed by atoms with Crippen molar-refractivity contribution in [3.8, 4) is 0 Å². The molecule has 0 saturated heterocycles. The largest absolute Gasteiger partial charge is 0.312 e. The first kappa shape index (κ1) is 13.6. The van der Waals surface area contributed by atoms with E-state index in [1.54, 1.807) is 12.1 Å². The molecule has 0 spiro atoms. The van der Waals surface area contributed by atoms with Crippen LogP contribution in [-0.4, -0.2) is 20.7 Å². The van der Waals surface area contributed by atoms with Gasteiger partial charge in [-0.25, -0.2) is 17.9 Å². The molecule has 0 heterocycles. The summed E-state index contributed by atoms with van der Waals surface area (Å²) in [5.74, 6) is -0.475. The zero-order valence-corrected chi connectivity index (χ0v) is 10.8. The van der Waals surface area contributed by atoms with Gasteiger partial charge in [0, 0.05) is 13.1 Å². The number of nitrogens with two attached hydrogens (primary N) is 1. The van der Waals surface area contributed by atoms with Gasteiger partial charge in [-0.1, -0.05) is 6.07 Å². The molecule has 0 aliphatic carbocycles. The van der Waals surface area contributed by atoms with Crippen LogP contribution >= 0.6 is 15.9 Å². The summed E-state index contributed by atoms with van der Waals surface area (Å²) in [4.78, 5) is 0. The lowest BCUT2D eigenvalue weighted by atomic mass is 10.2. The molecule has 90 valence electrons. The highest BCUT2D eigenvalue weighted by molar-refractivity contribution is 9.10. The molecule has 16 heavy (non-hydrogen) atoms. The quantitative estimate of drug-likeness (QED) is 0.796. The van der Waals surface area contributed by atoms with Gasteiger partial charge in [-0.05, 0) is 33.6 Å². The van der Waals surface area contributed by atoms with Gasteiger partial charge in [-0.15, -0.1) is 0 Å². The molecular formula is C9H12BrFN2O2S. The molecule has 1 aromatic carbocycles. The zero-order chi connectivity index (χ0) is 12.2. The molecule has 0 aliphatic heterocycles. The maximum absolute atomic E-state index is 13.1. The Morgan fingerprint density at radius 1 is 1.44 bits per heavy atom. The predicted octanol–water partition coefficient (Wildman–Crippen LogP) is 0.966. The average Bonchev–Trinajstić information content (AvgIpc) is 2.17. The highest BCUT2D eigenvalue weighted by Crippen LogP contribution is 2.16. The Balaban J connectivity index is 2.41. The molecule has 0 fully saturated rings. The molecule has 4 nitrogen and oxygen atoms in total. The van der Waals surface area contributed by atoms with Crippen molar-refractivity contribution in [3.05, 3.63) is 34.1 Å². The third-order valence-corrected chi connectivity index (χ3v) is 3.29. The lowest BCUT2D eigenvalue weighted by Crippen LogP contribution is -2.26. The van der Waals surface area contributed by atoms with E-state index < -0.39 is 10.0 Å². The van der Waals surface area contributed by atoms with Gasteiger partial charge in [-0.2, -0.15) is 0 Å². The first-order chi connectivity index (χ1) is 7.38. The van der Waals surface area contributed by atoms with Crippen LogP contribution in [0, 0.1) is 5.82 Å². The van der Waals surface area contributed by atoms with Crippen LogP contribution in [0.2, 0.25) is 0 Å². The molecule has 0 bridgehead atoms. The maximum atomic E-state index is 13.1. The highest BCUT2D eigenvalue weighted by Gasteiger charge is 2.03. The zero-order valence-electron chi connectivity index (χ0n) is 8.41. The summed E-state index contributed by atoms with van der Waals surface area (Å²) < 4.78 is 34.7. The van der Waals surface area contributed by atoms with Crippen molar-refractivity contribution in [2.45, 2.75) is 6.54 Å². The standard InChI is InChI=1S/C9H12BrFN2O2S/c10-8-2-1-7(5-9(8)11)6-13-3-4-16(12,14)15/h1-2,5,13H,3-4,6H2,(H2,12,14,15). The van der Waals surface area contributed by atoms with Crippen molar-refractivity contribution >= 4 is 26.0 Å². The number of benzene rings is 1. The van der Waals surface area contributed by atoms with Gasteiger partial charge in [0.2, 0.25) is 10.0 Å². The summed E-state index contributed by atoms with van der Waals surface area (Å²) in [5.41, 5.74) is 0.745. The van der Waals surface area contributed by atoms with Crippen LogP contribution in [0.5, 0.6) is 0 Å². The van der Waals surface area contributed by atoms with Gasteiger partial charge in [-0.3, -0.25) is 0 Å². The summed E-state index contributed by atoms with van der Waals surface area (Å²) in [6, 6.07) is 4.73. The van der Waals surface area contributed by atoms with Crippen LogP contribution in [-0.2, 0) is 16.6 Å². The van der Waals surface area contributed by atoms with Gasteiger partial charge in [0.1, 0.15) is 5.82 Å². The monoisotopic (exact) mass is 310 g/mol. The Morgan fingerprint density at radius 3 is 2.69 bits per heavy atom. The molecule has 0 aliphatic rings. The van der Waals surface area contributed by atoms with Crippen LogP contribution < -0.4 is 10.5 Å². The topological polar surface area (TPSA) is 72.2 Å². The highest BCUT2D eigenvalue weighted by atomic mass is 79.9. The van der Waals surface area contributed by atoms with Crippen molar-refractivity contribution in [1.82, 2.24) is 5.32 Å². The van der Waals surface area contributed by atoms with Crippen molar-refractivity contribution < 1.29 is 12.8 Å². The van der Waals surface area contributed by atoms with E-state index in [-0.39, 0.29) is 18.1 Å². The minimum Gasteiger partial charge on any atom is -0.312 e. The minimum atomic E-state index is -3.44. The van der Waals surface area contributed by atoms with E-state index in [0.717, 1.165) is 5.56 Å². The fourth-order valence-electron chi connectivity index (χ4n) is 1.10. The molecule has 0 unspecified atom stereocenters. The first-order valence-electron chi connectivity index (χ1n) is 4.53. The van der Waals surface area contributed by atoms with E-state index in [9.17, 15) is 12.8 Å². The van der Waals surface area contributed by atoms with E-state index >= 15 is 0 Å². The molecule has 0 radical (unpaired) electrons. The Morgan fingerprint density at radius 2 is 2.12 bits per heavy atom. The Bertz CT molecular complexity index is 465. The van der Waals surface area contributed by atoms with Crippen LogP contribution in [0.1, 0.15) is 5.56 Å². The van der Waals surface area contributed by atoms with E-state index in [0.29, 0.717) is 11.0 Å². The molecule has 0 saturated carbocycles. The van der Waals surface area contributed by atoms with Crippen molar-refractivity contribution in [2.24, 2.45) is 5.14 Å². The fraction of sp³-hybridized carbons (Fsp3) is 0.333. The summed E-state index contributed by atoms with van der Waals surface area (Å²) >= 11 is 3.05. The van der Waals surface area contributed by atoms with Gasteiger partial charge >= 0.3 is 0 Å². The van der Waals surface area contributed by atoms with Crippen molar-refractivity contribution in [2.75, 3.05) is 12.3 Å². The van der Waals surface area contributed by atoms with Gasteiger partial charge < -0.3 is 5.32 Å². The van der Waals surface area contributed by atoms with Gasteiger partial charge in [0.05, 0.1) is 10.2 Å². The Kier molecular flexibility index (Phi) is 4.85. The Labute approximate surface area is 102 Å². The summed E-state index contributed by atoms with van der Waals surface area (Å²) in [7, 11) is -3.44. The van der Waals surface area contributed by atoms with Gasteiger partial charge in [0.25, 0.3) is 0 Å². The average molecular weight is 311 g/mol. The third-order valence-electron chi connectivity index (χ3n) is 1.88. The van der Waals surface area contributed by atoms with E-state index in [2.05, 4.69) is 21.2 Å². The molecule has 1 aromatic rings. The first-order valence-corrected chi connectivity index (χ1v) is 7.04. The predicted molar refractivity (Wildman–Crippen MR) is 63.8 cm³/mol. The number of halogens is 2. The number of nitrogens with one attached hydrogen (secondary N) is 1. The maximum Gasteiger partial charge on any atom is 0.210 e. The van der Waals surface area contributed by atoms with Crippen LogP contribution in [0.25, 0.3) is 0 Å². The summed E-state index contributed by atoms with van der Waals surface area (Å²) in [5, 5.41) is 7.69. The number of hydrogen-bond donors (Lipinski definition) is 2. The number of rotatable bonds is 5. The third kappa shape index (κ3) is 5.02. The fourth-order valence-corrected chi connectivity index (χ4v) is 1.77. The number of sulfonamides is 1. The number of primary sulfonamides is 1. The summed E-state index contributed by atoms with van der Waals surface area (Å²) in [6.07, 6.45) is 0. The molecular weight excluding hydrogens is 299 g/mol. The smallest absolute Gasteiger partial charge is 0.210 e. The van der Waals surface area contributed by atoms with E-state index in [4.69, 9.17) is 5.14 Å². The minimum absolute atomic E-state index is 0.133. The molecule has 0 amide bonds. The normalized spacial score (nSPS) is 11.7. The van der Waals surface area contributed by atoms with Crippen molar-refractivity contribution in [1.29, 1.82) is 0 Å². The van der Waals surface area contributed by atoms with E-state index in [1.165, 1.54) is 6.07 Å². The molecule has 0 atom stereocenters. The van der Waals surface area contributed by atoms with Crippen molar-refractivity contribution in [3.63, 3.8) is 0 Å². The molecule has 1 rings (SSSR count). The summed E-state index contributed by atoms with van der Waals surface area (Å²) in [6.45, 7) is 0.649. The molecule has 7 heteroatoms. The second kappa shape index (κ2) is 5.72. The van der Waals surface area contributed by atoms with Crippen LogP contribution in [0.15, 0.2) is 22.7 Å². The second-order valence-electron chi connectivity index (χ2n) is 3.29. The number of hydrogen-bond acceptors (Lipinski definition) is 3. The SMILES string of the molecule is NS(=O)(=O)CCNCc1ccc(Br)c(F)c1.